The van der Waals surface area contributed by atoms with E-state index >= 15 is 0 Å². The Labute approximate surface area is 188 Å². The summed E-state index contributed by atoms with van der Waals surface area (Å²) in [6, 6.07) is 2.31. The molecule has 6 nitrogen and oxygen atoms in total. The Hall–Kier alpha value is -2.15. The first kappa shape index (κ1) is 21.1. The second kappa shape index (κ2) is 8.92. The number of rotatable bonds is 5. The van der Waals surface area contributed by atoms with Gasteiger partial charge in [-0.1, -0.05) is 18.2 Å². The molecule has 156 valence electrons. The van der Waals surface area contributed by atoms with Crippen molar-refractivity contribution in [1.82, 2.24) is 14.8 Å². The Morgan fingerprint density at radius 2 is 2.10 bits per heavy atom. The molecular formula is C21H23N5OS3. The summed E-state index contributed by atoms with van der Waals surface area (Å²) in [4.78, 5) is 15.1. The molecule has 1 N–H and O–H groups in total. The van der Waals surface area contributed by atoms with Gasteiger partial charge in [0.15, 0.2) is 11.0 Å². The highest BCUT2D eigenvalue weighted by molar-refractivity contribution is 7.99. The van der Waals surface area contributed by atoms with E-state index in [0.29, 0.717) is 15.7 Å². The summed E-state index contributed by atoms with van der Waals surface area (Å²) in [6.07, 6.45) is 5.40. The molecule has 0 atom stereocenters. The van der Waals surface area contributed by atoms with Gasteiger partial charge < -0.3 is 9.88 Å². The van der Waals surface area contributed by atoms with Gasteiger partial charge >= 0.3 is 0 Å². The van der Waals surface area contributed by atoms with Gasteiger partial charge in [-0.3, -0.25) is 4.79 Å². The number of nitrogens with one attached hydrogen (secondary N) is 1. The predicted molar refractivity (Wildman–Crippen MR) is 123 cm³/mol. The summed E-state index contributed by atoms with van der Waals surface area (Å²) in [5.74, 6) is 0.912. The minimum Gasteiger partial charge on any atom is -0.316 e. The standard InChI is InChI=1S/C21H23N5OS3/c1-12-13(2)28-10-16(12)19-24-25-21(26(19)3)29-11-18(27)23-20-15(9-22)14-7-5-4-6-8-17(14)30-20/h10H,4-8,11H2,1-3H3,(H,23,27). The van der Waals surface area contributed by atoms with Crippen LogP contribution in [0.1, 0.15) is 45.7 Å². The van der Waals surface area contributed by atoms with Gasteiger partial charge in [0.25, 0.3) is 0 Å². The molecule has 0 spiro atoms. The summed E-state index contributed by atoms with van der Waals surface area (Å²) in [6.45, 7) is 4.19. The molecule has 1 amide bonds. The molecule has 0 unspecified atom stereocenters. The maximum Gasteiger partial charge on any atom is 0.235 e. The number of nitriles is 1. The number of hydrogen-bond donors (Lipinski definition) is 1. The number of thiophene rings is 2. The van der Waals surface area contributed by atoms with Crippen LogP contribution in [0.3, 0.4) is 0 Å². The van der Waals surface area contributed by atoms with E-state index in [0.717, 1.165) is 42.6 Å². The first-order valence-corrected chi connectivity index (χ1v) is 12.6. The highest BCUT2D eigenvalue weighted by atomic mass is 32.2. The van der Waals surface area contributed by atoms with E-state index in [1.807, 2.05) is 11.6 Å². The van der Waals surface area contributed by atoms with Crippen molar-refractivity contribution in [2.75, 3.05) is 11.1 Å². The molecule has 0 saturated carbocycles. The van der Waals surface area contributed by atoms with E-state index in [2.05, 4.69) is 40.8 Å². The summed E-state index contributed by atoms with van der Waals surface area (Å²) in [5.41, 5.74) is 4.09. The maximum absolute atomic E-state index is 12.6. The van der Waals surface area contributed by atoms with E-state index in [-0.39, 0.29) is 11.7 Å². The smallest absolute Gasteiger partial charge is 0.235 e. The van der Waals surface area contributed by atoms with Crippen molar-refractivity contribution in [1.29, 1.82) is 5.26 Å². The number of anilines is 1. The summed E-state index contributed by atoms with van der Waals surface area (Å²) in [5, 5.41) is 24.7. The number of amides is 1. The molecule has 1 aliphatic carbocycles. The van der Waals surface area contributed by atoms with Crippen molar-refractivity contribution in [3.8, 4) is 17.5 Å². The van der Waals surface area contributed by atoms with Crippen molar-refractivity contribution >= 4 is 45.3 Å². The van der Waals surface area contributed by atoms with Gasteiger partial charge in [-0.25, -0.2) is 0 Å². The largest absolute Gasteiger partial charge is 0.316 e. The molecule has 0 aromatic carbocycles. The van der Waals surface area contributed by atoms with Gasteiger partial charge in [0, 0.05) is 27.7 Å². The van der Waals surface area contributed by atoms with Crippen LogP contribution in [0.25, 0.3) is 11.4 Å². The highest BCUT2D eigenvalue weighted by Gasteiger charge is 2.21. The van der Waals surface area contributed by atoms with Crippen LogP contribution in [0.15, 0.2) is 10.5 Å². The molecule has 1 aliphatic rings. The normalized spacial score (nSPS) is 13.5. The number of fused-ring (bicyclic) bond motifs is 1. The number of hydrogen-bond acceptors (Lipinski definition) is 7. The number of carbonyl (C=O) groups excluding carboxylic acids is 1. The van der Waals surface area contributed by atoms with Crippen LogP contribution in [0.5, 0.6) is 0 Å². The molecule has 30 heavy (non-hydrogen) atoms. The maximum atomic E-state index is 12.6. The molecular weight excluding hydrogens is 434 g/mol. The molecule has 0 bridgehead atoms. The Morgan fingerprint density at radius 1 is 1.30 bits per heavy atom. The number of aromatic nitrogens is 3. The number of carbonyl (C=O) groups is 1. The van der Waals surface area contributed by atoms with Crippen molar-refractivity contribution in [2.24, 2.45) is 7.05 Å². The second-order valence-electron chi connectivity index (χ2n) is 7.41. The van der Waals surface area contributed by atoms with E-state index in [4.69, 9.17) is 0 Å². The molecule has 0 aliphatic heterocycles. The first-order chi connectivity index (χ1) is 14.5. The molecule has 0 radical (unpaired) electrons. The lowest BCUT2D eigenvalue weighted by molar-refractivity contribution is -0.113. The second-order valence-corrected chi connectivity index (χ2v) is 10.5. The summed E-state index contributed by atoms with van der Waals surface area (Å²) in [7, 11) is 1.92. The quantitative estimate of drug-likeness (QED) is 0.426. The van der Waals surface area contributed by atoms with Gasteiger partial charge in [-0.15, -0.1) is 32.9 Å². The molecule has 3 aromatic heterocycles. The minimum absolute atomic E-state index is 0.125. The lowest BCUT2D eigenvalue weighted by Crippen LogP contribution is -2.14. The number of thioether (sulfide) groups is 1. The monoisotopic (exact) mass is 457 g/mol. The summed E-state index contributed by atoms with van der Waals surface area (Å²) < 4.78 is 1.93. The van der Waals surface area contributed by atoms with Crippen LogP contribution in [0, 0.1) is 25.2 Å². The van der Waals surface area contributed by atoms with Crippen LogP contribution in [0.4, 0.5) is 5.00 Å². The third-order valence-corrected chi connectivity index (χ3v) is 8.72. The molecule has 4 rings (SSSR count). The Bertz CT molecular complexity index is 1130. The zero-order valence-corrected chi connectivity index (χ0v) is 19.7. The minimum atomic E-state index is -0.125. The lowest BCUT2D eigenvalue weighted by Gasteiger charge is -2.05. The Balaban J connectivity index is 1.44. The highest BCUT2D eigenvalue weighted by Crippen LogP contribution is 2.37. The number of nitrogens with zero attached hydrogens (tertiary/aromatic N) is 4. The topological polar surface area (TPSA) is 83.6 Å². The Kier molecular flexibility index (Phi) is 6.27. The number of aryl methyl sites for hydroxylation is 2. The lowest BCUT2D eigenvalue weighted by atomic mass is 10.1. The predicted octanol–water partition coefficient (Wildman–Crippen LogP) is 5.09. The van der Waals surface area contributed by atoms with Crippen LogP contribution in [-0.4, -0.2) is 26.4 Å². The van der Waals surface area contributed by atoms with Crippen molar-refractivity contribution in [2.45, 2.75) is 51.1 Å². The fraction of sp³-hybridized carbons (Fsp3) is 0.429. The average Bonchev–Trinajstić information content (AvgIpc) is 3.29. The van der Waals surface area contributed by atoms with Crippen LogP contribution in [-0.2, 0) is 24.7 Å². The van der Waals surface area contributed by atoms with Crippen LogP contribution < -0.4 is 5.32 Å². The fourth-order valence-electron chi connectivity index (χ4n) is 3.65. The van der Waals surface area contributed by atoms with E-state index in [1.165, 1.54) is 33.5 Å². The SMILES string of the molecule is Cc1scc(-c2nnc(SCC(=O)Nc3sc4c(c3C#N)CCCCC4)n2C)c1C. The van der Waals surface area contributed by atoms with Gasteiger partial charge in [-0.05, 0) is 50.7 Å². The van der Waals surface area contributed by atoms with Gasteiger partial charge in [0.1, 0.15) is 11.1 Å². The molecule has 3 aromatic rings. The van der Waals surface area contributed by atoms with E-state index in [9.17, 15) is 10.1 Å². The van der Waals surface area contributed by atoms with Crippen molar-refractivity contribution in [3.63, 3.8) is 0 Å². The Morgan fingerprint density at radius 3 is 2.83 bits per heavy atom. The first-order valence-electron chi connectivity index (χ1n) is 9.91. The molecule has 0 saturated heterocycles. The van der Waals surface area contributed by atoms with Crippen LogP contribution >= 0.6 is 34.4 Å². The zero-order chi connectivity index (χ0) is 21.3. The van der Waals surface area contributed by atoms with Crippen molar-refractivity contribution < 1.29 is 4.79 Å². The van der Waals surface area contributed by atoms with E-state index in [1.54, 1.807) is 22.7 Å². The zero-order valence-electron chi connectivity index (χ0n) is 17.2. The third kappa shape index (κ3) is 4.04. The van der Waals surface area contributed by atoms with Crippen molar-refractivity contribution in [3.05, 3.63) is 31.8 Å². The van der Waals surface area contributed by atoms with Gasteiger partial charge in [0.05, 0.1) is 11.3 Å². The molecule has 0 fully saturated rings. The average molecular weight is 458 g/mol. The molecule has 9 heteroatoms. The van der Waals surface area contributed by atoms with Gasteiger partial charge in [0.2, 0.25) is 5.91 Å². The van der Waals surface area contributed by atoms with E-state index < -0.39 is 0 Å². The fourth-order valence-corrected chi connectivity index (χ4v) is 6.48. The molecule has 3 heterocycles. The summed E-state index contributed by atoms with van der Waals surface area (Å²) >= 11 is 4.62. The van der Waals surface area contributed by atoms with Crippen LogP contribution in [0.2, 0.25) is 0 Å². The third-order valence-electron chi connectivity index (χ3n) is 5.48. The van der Waals surface area contributed by atoms with Gasteiger partial charge in [-0.2, -0.15) is 5.26 Å².